The van der Waals surface area contributed by atoms with E-state index >= 15 is 0 Å². The highest BCUT2D eigenvalue weighted by Crippen LogP contribution is 2.27. The number of ether oxygens (including phenoxy) is 3. The van der Waals surface area contributed by atoms with Crippen LogP contribution in [0.3, 0.4) is 0 Å². The molecule has 9 nitrogen and oxygen atoms in total. The van der Waals surface area contributed by atoms with Crippen molar-refractivity contribution in [2.75, 3.05) is 32.0 Å². The van der Waals surface area contributed by atoms with Crippen LogP contribution in [0.2, 0.25) is 0 Å². The molecule has 2 N–H and O–H groups in total. The molecule has 4 rings (SSSR count). The molecule has 37 heavy (non-hydrogen) atoms. The Morgan fingerprint density at radius 3 is 2.30 bits per heavy atom. The van der Waals surface area contributed by atoms with Crippen LogP contribution in [0.5, 0.6) is 17.2 Å². The lowest BCUT2D eigenvalue weighted by Crippen LogP contribution is -2.19. The number of carbonyl (C=O) groups excluding carboxylic acids is 1. The minimum atomic E-state index is -0.364. The molecule has 0 bridgehead atoms. The fourth-order valence-corrected chi connectivity index (χ4v) is 3.77. The molecule has 1 aromatic heterocycles. The van der Waals surface area contributed by atoms with Crippen molar-refractivity contribution in [2.45, 2.75) is 6.92 Å². The minimum absolute atomic E-state index is 0.364. The second-order valence-electron chi connectivity index (χ2n) is 8.24. The van der Waals surface area contributed by atoms with E-state index in [4.69, 9.17) is 14.2 Å². The van der Waals surface area contributed by atoms with Gasteiger partial charge in [-0.1, -0.05) is 6.07 Å². The Labute approximate surface area is 215 Å². The van der Waals surface area contributed by atoms with E-state index in [0.717, 1.165) is 22.4 Å². The average molecular weight is 500 g/mol. The van der Waals surface area contributed by atoms with E-state index in [2.05, 4.69) is 20.8 Å². The van der Waals surface area contributed by atoms with Crippen molar-refractivity contribution < 1.29 is 19.0 Å². The van der Waals surface area contributed by atoms with Crippen molar-refractivity contribution in [3.63, 3.8) is 0 Å². The Balaban J connectivity index is 1.45. The standard InChI is InChI=1S/C28H29N5O4/c1-18-6-14-24(36-4)23(16-18)30-28(34)29-21-11-7-20(8-12-21)27-32-31-26(33(27)2)15-10-19-9-13-22(35-3)17-25(19)37-5/h6-17H,1-5H3,(H2,29,30,34)/b15-10+. The molecule has 9 heteroatoms. The van der Waals surface area contributed by atoms with Gasteiger partial charge in [0.1, 0.15) is 17.2 Å². The number of hydrogen-bond donors (Lipinski definition) is 2. The van der Waals surface area contributed by atoms with E-state index < -0.39 is 0 Å². The van der Waals surface area contributed by atoms with E-state index in [-0.39, 0.29) is 6.03 Å². The summed E-state index contributed by atoms with van der Waals surface area (Å²) in [5.74, 6) is 3.39. The minimum Gasteiger partial charge on any atom is -0.497 e. The van der Waals surface area contributed by atoms with Crippen molar-refractivity contribution in [1.82, 2.24) is 14.8 Å². The highest BCUT2D eigenvalue weighted by atomic mass is 16.5. The number of benzene rings is 3. The van der Waals surface area contributed by atoms with Gasteiger partial charge in [0, 0.05) is 29.9 Å². The molecule has 0 atom stereocenters. The number of methoxy groups -OCH3 is 3. The zero-order valence-electron chi connectivity index (χ0n) is 21.4. The van der Waals surface area contributed by atoms with Gasteiger partial charge in [-0.2, -0.15) is 0 Å². The first-order valence-corrected chi connectivity index (χ1v) is 11.5. The molecule has 0 fully saturated rings. The molecule has 0 saturated carbocycles. The van der Waals surface area contributed by atoms with Crippen LogP contribution in [-0.4, -0.2) is 42.1 Å². The van der Waals surface area contributed by atoms with Gasteiger partial charge in [-0.05, 0) is 73.2 Å². The Morgan fingerprint density at radius 2 is 1.59 bits per heavy atom. The van der Waals surface area contributed by atoms with E-state index in [9.17, 15) is 4.79 Å². The summed E-state index contributed by atoms with van der Waals surface area (Å²) in [4.78, 5) is 12.5. The van der Waals surface area contributed by atoms with Crippen molar-refractivity contribution >= 4 is 29.6 Å². The quantitative estimate of drug-likeness (QED) is 0.326. The normalized spacial score (nSPS) is 10.8. The Bertz CT molecular complexity index is 1430. The summed E-state index contributed by atoms with van der Waals surface area (Å²) in [7, 11) is 6.70. The second-order valence-corrected chi connectivity index (χ2v) is 8.24. The van der Waals surface area contributed by atoms with Crippen LogP contribution in [0.1, 0.15) is 17.0 Å². The number of aryl methyl sites for hydroxylation is 1. The van der Waals surface area contributed by atoms with Crippen molar-refractivity contribution in [2.24, 2.45) is 7.05 Å². The first-order chi connectivity index (χ1) is 17.9. The van der Waals surface area contributed by atoms with Crippen molar-refractivity contribution in [1.29, 1.82) is 0 Å². The topological polar surface area (TPSA) is 99.5 Å². The number of anilines is 2. The van der Waals surface area contributed by atoms with Gasteiger partial charge in [-0.25, -0.2) is 4.79 Å². The summed E-state index contributed by atoms with van der Waals surface area (Å²) in [5.41, 5.74) is 4.01. The molecule has 4 aromatic rings. The number of rotatable bonds is 8. The lowest BCUT2D eigenvalue weighted by molar-refractivity contribution is 0.262. The van der Waals surface area contributed by atoms with Gasteiger partial charge in [0.15, 0.2) is 11.6 Å². The van der Waals surface area contributed by atoms with E-state index in [1.807, 2.05) is 91.4 Å². The molecule has 0 aliphatic rings. The summed E-state index contributed by atoms with van der Waals surface area (Å²) < 4.78 is 17.9. The molecule has 0 saturated heterocycles. The lowest BCUT2D eigenvalue weighted by atomic mass is 10.1. The van der Waals surface area contributed by atoms with E-state index in [0.29, 0.717) is 34.5 Å². The van der Waals surface area contributed by atoms with Crippen LogP contribution in [0.15, 0.2) is 60.7 Å². The van der Waals surface area contributed by atoms with E-state index in [1.54, 1.807) is 21.3 Å². The number of carbonyl (C=O) groups is 1. The third-order valence-electron chi connectivity index (χ3n) is 5.77. The maximum Gasteiger partial charge on any atom is 0.323 e. The van der Waals surface area contributed by atoms with Gasteiger partial charge in [0.2, 0.25) is 0 Å². The number of urea groups is 1. The van der Waals surface area contributed by atoms with Gasteiger partial charge < -0.3 is 29.4 Å². The number of nitrogens with zero attached hydrogens (tertiary/aromatic N) is 3. The predicted octanol–water partition coefficient (Wildman–Crippen LogP) is 5.63. The molecule has 0 radical (unpaired) electrons. The third kappa shape index (κ3) is 5.90. The first-order valence-electron chi connectivity index (χ1n) is 11.5. The molecular weight excluding hydrogens is 470 g/mol. The molecule has 0 aliphatic carbocycles. The Hall–Kier alpha value is -4.79. The molecule has 0 unspecified atom stereocenters. The molecule has 1 heterocycles. The summed E-state index contributed by atoms with van der Waals surface area (Å²) in [6, 6.07) is 18.2. The second kappa shape index (κ2) is 11.3. The number of aromatic nitrogens is 3. The smallest absolute Gasteiger partial charge is 0.323 e. The van der Waals surface area contributed by atoms with Crippen LogP contribution in [0.25, 0.3) is 23.5 Å². The van der Waals surface area contributed by atoms with Gasteiger partial charge in [0.25, 0.3) is 0 Å². The Morgan fingerprint density at radius 1 is 0.838 bits per heavy atom. The monoisotopic (exact) mass is 499 g/mol. The SMILES string of the molecule is COc1ccc(/C=C/c2nnc(-c3ccc(NC(=O)Nc4cc(C)ccc4OC)cc3)n2C)c(OC)c1. The highest BCUT2D eigenvalue weighted by Gasteiger charge is 2.11. The lowest BCUT2D eigenvalue weighted by Gasteiger charge is -2.12. The third-order valence-corrected chi connectivity index (χ3v) is 5.77. The fourth-order valence-electron chi connectivity index (χ4n) is 3.77. The van der Waals surface area contributed by atoms with Crippen LogP contribution >= 0.6 is 0 Å². The maximum absolute atomic E-state index is 12.5. The van der Waals surface area contributed by atoms with Gasteiger partial charge in [0.05, 0.1) is 27.0 Å². The fraction of sp³-hybridized carbons (Fsp3) is 0.179. The predicted molar refractivity (Wildman–Crippen MR) is 145 cm³/mol. The molecule has 0 spiro atoms. The molecule has 2 amide bonds. The van der Waals surface area contributed by atoms with Crippen LogP contribution < -0.4 is 24.8 Å². The Kier molecular flexibility index (Phi) is 7.73. The molecule has 3 aromatic carbocycles. The van der Waals surface area contributed by atoms with Crippen LogP contribution in [-0.2, 0) is 7.05 Å². The highest BCUT2D eigenvalue weighted by molar-refractivity contribution is 6.00. The largest absolute Gasteiger partial charge is 0.497 e. The van der Waals surface area contributed by atoms with Gasteiger partial charge in [-0.3, -0.25) is 0 Å². The van der Waals surface area contributed by atoms with Crippen molar-refractivity contribution in [3.05, 3.63) is 77.6 Å². The zero-order chi connectivity index (χ0) is 26.4. The zero-order valence-corrected chi connectivity index (χ0v) is 21.4. The maximum atomic E-state index is 12.5. The van der Waals surface area contributed by atoms with Crippen LogP contribution in [0.4, 0.5) is 16.2 Å². The van der Waals surface area contributed by atoms with Crippen LogP contribution in [0, 0.1) is 6.92 Å². The summed E-state index contributed by atoms with van der Waals surface area (Å²) in [6.07, 6.45) is 3.79. The molecule has 190 valence electrons. The molecular formula is C28H29N5O4. The average Bonchev–Trinajstić information content (AvgIpc) is 3.27. The summed E-state index contributed by atoms with van der Waals surface area (Å²) >= 11 is 0. The summed E-state index contributed by atoms with van der Waals surface area (Å²) in [5, 5.41) is 14.3. The van der Waals surface area contributed by atoms with E-state index in [1.165, 1.54) is 0 Å². The van der Waals surface area contributed by atoms with Gasteiger partial charge in [-0.15, -0.1) is 10.2 Å². The van der Waals surface area contributed by atoms with Crippen molar-refractivity contribution in [3.8, 4) is 28.6 Å². The molecule has 0 aliphatic heterocycles. The van der Waals surface area contributed by atoms with Gasteiger partial charge >= 0.3 is 6.03 Å². The number of hydrogen-bond acceptors (Lipinski definition) is 6. The number of nitrogens with one attached hydrogen (secondary N) is 2. The number of amides is 2. The first kappa shape index (κ1) is 25.3. The summed E-state index contributed by atoms with van der Waals surface area (Å²) in [6.45, 7) is 1.95.